The third kappa shape index (κ3) is 5.02. The van der Waals surface area contributed by atoms with E-state index in [0.717, 1.165) is 22.5 Å². The minimum Gasteiger partial charge on any atom is -0.188 e. The van der Waals surface area contributed by atoms with Gasteiger partial charge in [0.25, 0.3) is 0 Å². The van der Waals surface area contributed by atoms with Crippen LogP contribution in [0.2, 0.25) is 5.02 Å². The van der Waals surface area contributed by atoms with Gasteiger partial charge in [-0.3, -0.25) is 0 Å². The Morgan fingerprint density at radius 2 is 1.56 bits per heavy atom. The van der Waals surface area contributed by atoms with Crippen LogP contribution in [0.3, 0.4) is 0 Å². The lowest BCUT2D eigenvalue weighted by Crippen LogP contribution is -1.82. The molecule has 0 atom stereocenters. The van der Waals surface area contributed by atoms with Gasteiger partial charge in [0.05, 0.1) is 11.4 Å². The van der Waals surface area contributed by atoms with Crippen LogP contribution < -0.4 is 0 Å². The summed E-state index contributed by atoms with van der Waals surface area (Å²) in [5.74, 6) is 0. The molecule has 0 heterocycles. The third-order valence-electron chi connectivity index (χ3n) is 3.63. The van der Waals surface area contributed by atoms with Crippen molar-refractivity contribution in [3.63, 3.8) is 0 Å². The predicted molar refractivity (Wildman–Crippen MR) is 106 cm³/mol. The third-order valence-corrected chi connectivity index (χ3v) is 3.88. The Balaban J connectivity index is 1.95. The Morgan fingerprint density at radius 3 is 2.24 bits per heavy atom. The molecule has 25 heavy (non-hydrogen) atoms. The van der Waals surface area contributed by atoms with E-state index in [-0.39, 0.29) is 0 Å². The fourth-order valence-electron chi connectivity index (χ4n) is 2.26. The van der Waals surface area contributed by atoms with Crippen molar-refractivity contribution >= 4 is 35.1 Å². The Labute approximate surface area is 152 Å². The maximum absolute atomic E-state index is 5.88. The minimum absolute atomic E-state index is 0.681. The van der Waals surface area contributed by atoms with Gasteiger partial charge in [0.1, 0.15) is 6.01 Å². The molecule has 0 aliphatic heterocycles. The minimum atomic E-state index is 0.681. The average molecular weight is 345 g/mol. The van der Waals surface area contributed by atoms with Crippen molar-refractivity contribution in [3.8, 4) is 0 Å². The van der Waals surface area contributed by atoms with Crippen LogP contribution in [0.5, 0.6) is 0 Å². The van der Waals surface area contributed by atoms with Gasteiger partial charge in [-0.25, -0.2) is 0 Å². The van der Waals surface area contributed by atoms with E-state index in [1.807, 2.05) is 48.5 Å². The molecule has 2 nitrogen and oxygen atoms in total. The van der Waals surface area contributed by atoms with Gasteiger partial charge < -0.3 is 0 Å². The molecule has 0 unspecified atom stereocenters. The molecule has 3 heteroatoms. The zero-order valence-electron chi connectivity index (χ0n) is 13.9. The zero-order valence-corrected chi connectivity index (χ0v) is 14.6. The zero-order chi connectivity index (χ0) is 17.5. The Kier molecular flexibility index (Phi) is 5.58. The first-order valence-electron chi connectivity index (χ1n) is 7.96. The molecule has 0 aliphatic carbocycles. The molecule has 0 spiro atoms. The van der Waals surface area contributed by atoms with Crippen molar-refractivity contribution in [1.82, 2.24) is 0 Å². The maximum Gasteiger partial charge on any atom is 0.100 e. The van der Waals surface area contributed by atoms with Crippen molar-refractivity contribution < 1.29 is 0 Å². The van der Waals surface area contributed by atoms with Crippen molar-refractivity contribution in [2.75, 3.05) is 0 Å². The number of aliphatic imine (C=N–C) groups is 2. The predicted octanol–water partition coefficient (Wildman–Crippen LogP) is 6.65. The maximum atomic E-state index is 5.88. The monoisotopic (exact) mass is 344 g/mol. The van der Waals surface area contributed by atoms with Gasteiger partial charge in [-0.05, 0) is 42.8 Å². The molecule has 0 bridgehead atoms. The summed E-state index contributed by atoms with van der Waals surface area (Å²) in [4.78, 5) is 8.69. The number of nitrogens with zero attached hydrogens (tertiary/aromatic N) is 2. The number of aryl methyl sites for hydroxylation is 1. The molecule has 0 aliphatic rings. The summed E-state index contributed by atoms with van der Waals surface area (Å²) in [5, 5.41) is 0.681. The van der Waals surface area contributed by atoms with Crippen molar-refractivity contribution in [1.29, 1.82) is 0 Å². The van der Waals surface area contributed by atoms with Gasteiger partial charge in [-0.1, -0.05) is 71.8 Å². The lowest BCUT2D eigenvalue weighted by molar-refractivity contribution is 1.45. The van der Waals surface area contributed by atoms with E-state index in [9.17, 15) is 0 Å². The summed E-state index contributed by atoms with van der Waals surface area (Å²) in [6, 6.07) is 28.4. The largest absolute Gasteiger partial charge is 0.188 e. The molecular formula is C22H17ClN2. The molecule has 3 rings (SSSR count). The normalized spacial score (nSPS) is 10.9. The molecular weight excluding hydrogens is 328 g/mol. The standard InChI is InChI=1S/C22H17ClN2/c1-17-7-9-18(10-8-17)15-22(19-5-3-2-4-6-19)25-16-24-21-13-11-20(23)12-14-21/h2-15H,1H3/b22-15+. The number of rotatable bonds is 4. The highest BCUT2D eigenvalue weighted by Crippen LogP contribution is 2.20. The summed E-state index contributed by atoms with van der Waals surface area (Å²) < 4.78 is 0. The lowest BCUT2D eigenvalue weighted by Gasteiger charge is -2.01. The van der Waals surface area contributed by atoms with Crippen molar-refractivity contribution in [2.45, 2.75) is 6.92 Å². The quantitative estimate of drug-likeness (QED) is 0.374. The molecule has 0 amide bonds. The van der Waals surface area contributed by atoms with Gasteiger partial charge in [0.2, 0.25) is 0 Å². The van der Waals surface area contributed by atoms with Crippen molar-refractivity contribution in [3.05, 3.63) is 101 Å². The molecule has 0 saturated carbocycles. The van der Waals surface area contributed by atoms with Gasteiger partial charge in [-0.2, -0.15) is 9.98 Å². The van der Waals surface area contributed by atoms with Gasteiger partial charge in [-0.15, -0.1) is 0 Å². The van der Waals surface area contributed by atoms with E-state index in [1.54, 1.807) is 12.1 Å². The Morgan fingerprint density at radius 1 is 0.880 bits per heavy atom. The van der Waals surface area contributed by atoms with E-state index in [1.165, 1.54) is 5.56 Å². The number of benzene rings is 3. The molecule has 0 N–H and O–H groups in total. The summed E-state index contributed by atoms with van der Waals surface area (Å²) in [6.07, 6.45) is 2.03. The number of halogens is 1. The highest BCUT2D eigenvalue weighted by atomic mass is 35.5. The summed E-state index contributed by atoms with van der Waals surface area (Å²) in [6.45, 7) is 2.07. The molecule has 0 radical (unpaired) electrons. The van der Waals surface area contributed by atoms with Crippen LogP contribution in [0, 0.1) is 6.92 Å². The van der Waals surface area contributed by atoms with E-state index in [0.29, 0.717) is 5.02 Å². The molecule has 3 aromatic carbocycles. The van der Waals surface area contributed by atoms with Gasteiger partial charge >= 0.3 is 0 Å². The first-order valence-corrected chi connectivity index (χ1v) is 8.34. The van der Waals surface area contributed by atoms with Crippen LogP contribution in [-0.4, -0.2) is 6.01 Å². The number of hydrogen-bond acceptors (Lipinski definition) is 2. The van der Waals surface area contributed by atoms with Crippen LogP contribution in [0.1, 0.15) is 16.7 Å². The molecule has 0 saturated heterocycles. The van der Waals surface area contributed by atoms with E-state index in [2.05, 4.69) is 47.2 Å². The second-order valence-corrected chi connectivity index (χ2v) is 6.04. The summed E-state index contributed by atoms with van der Waals surface area (Å²) >= 11 is 5.88. The second-order valence-electron chi connectivity index (χ2n) is 5.61. The van der Waals surface area contributed by atoms with E-state index >= 15 is 0 Å². The van der Waals surface area contributed by atoms with Crippen LogP contribution >= 0.6 is 11.6 Å². The highest BCUT2D eigenvalue weighted by molar-refractivity contribution is 6.30. The molecule has 3 aromatic rings. The average Bonchev–Trinajstić information content (AvgIpc) is 2.65. The topological polar surface area (TPSA) is 24.7 Å². The molecule has 0 fully saturated rings. The van der Waals surface area contributed by atoms with Gasteiger partial charge in [0, 0.05) is 10.6 Å². The highest BCUT2D eigenvalue weighted by Gasteiger charge is 1.99. The first-order chi connectivity index (χ1) is 12.2. The fraction of sp³-hybridized carbons (Fsp3) is 0.0455. The smallest absolute Gasteiger partial charge is 0.100 e. The van der Waals surface area contributed by atoms with Crippen LogP contribution in [0.25, 0.3) is 11.8 Å². The first kappa shape index (κ1) is 16.9. The van der Waals surface area contributed by atoms with E-state index in [4.69, 9.17) is 11.6 Å². The van der Waals surface area contributed by atoms with Crippen LogP contribution in [-0.2, 0) is 0 Å². The lowest BCUT2D eigenvalue weighted by atomic mass is 10.1. The van der Waals surface area contributed by atoms with E-state index < -0.39 is 0 Å². The Bertz CT molecular complexity index is 918. The van der Waals surface area contributed by atoms with Crippen molar-refractivity contribution in [2.24, 2.45) is 9.98 Å². The van der Waals surface area contributed by atoms with Gasteiger partial charge in [0.15, 0.2) is 0 Å². The van der Waals surface area contributed by atoms with Crippen LogP contribution in [0.4, 0.5) is 5.69 Å². The Hall–Kier alpha value is -2.93. The molecule has 122 valence electrons. The summed E-state index contributed by atoms with van der Waals surface area (Å²) in [7, 11) is 0. The molecule has 0 aromatic heterocycles. The number of hydrogen-bond donors (Lipinski definition) is 0. The second kappa shape index (κ2) is 8.25. The SMILES string of the molecule is Cc1ccc(/C=C(/N=C=Nc2ccc(Cl)cc2)c2ccccc2)cc1. The summed E-state index contributed by atoms with van der Waals surface area (Å²) in [5.41, 5.74) is 4.90. The fourth-order valence-corrected chi connectivity index (χ4v) is 2.39. The van der Waals surface area contributed by atoms with Crippen LogP contribution in [0.15, 0.2) is 88.8 Å².